The van der Waals surface area contributed by atoms with Crippen molar-refractivity contribution in [1.29, 1.82) is 5.26 Å². The Bertz CT molecular complexity index is 440. The minimum atomic E-state index is -2.99. The van der Waals surface area contributed by atoms with Crippen LogP contribution in [0, 0.1) is 11.3 Å². The van der Waals surface area contributed by atoms with Crippen LogP contribution in [-0.2, 0) is 19.4 Å². The van der Waals surface area contributed by atoms with Gasteiger partial charge in [0, 0.05) is 0 Å². The van der Waals surface area contributed by atoms with E-state index in [9.17, 15) is 13.2 Å². The van der Waals surface area contributed by atoms with E-state index in [1.54, 1.807) is 13.0 Å². The highest BCUT2D eigenvalue weighted by molar-refractivity contribution is 7.91. The second-order valence-electron chi connectivity index (χ2n) is 3.46. The van der Waals surface area contributed by atoms with Crippen molar-refractivity contribution < 1.29 is 17.9 Å². The molecule has 0 aliphatic carbocycles. The van der Waals surface area contributed by atoms with E-state index >= 15 is 0 Å². The predicted octanol–water partition coefficient (Wildman–Crippen LogP) is 0.578. The lowest BCUT2D eigenvalue weighted by atomic mass is 10.0. The van der Waals surface area contributed by atoms with Gasteiger partial charge in [0.1, 0.15) is 11.6 Å². The Kier molecular flexibility index (Phi) is 4.07. The molecule has 0 aromatic rings. The first kappa shape index (κ1) is 12.7. The molecule has 0 spiro atoms. The van der Waals surface area contributed by atoms with Crippen LogP contribution in [0.25, 0.3) is 0 Å². The van der Waals surface area contributed by atoms with Crippen LogP contribution in [0.1, 0.15) is 19.8 Å². The van der Waals surface area contributed by atoms with E-state index in [1.807, 2.05) is 0 Å². The average Bonchev–Trinajstić information content (AvgIpc) is 2.22. The Labute approximate surface area is 94.6 Å². The van der Waals surface area contributed by atoms with E-state index < -0.39 is 15.8 Å². The zero-order valence-corrected chi connectivity index (χ0v) is 9.84. The minimum Gasteiger partial charge on any atom is -0.462 e. The molecular formula is C10H13NO4S. The van der Waals surface area contributed by atoms with Crippen LogP contribution in [-0.4, -0.2) is 32.5 Å². The number of rotatable bonds is 2. The van der Waals surface area contributed by atoms with Crippen molar-refractivity contribution in [3.63, 3.8) is 0 Å². The van der Waals surface area contributed by atoms with Crippen LogP contribution in [0.2, 0.25) is 0 Å². The fourth-order valence-corrected chi connectivity index (χ4v) is 2.83. The fraction of sp³-hybridized carbons (Fsp3) is 0.600. The van der Waals surface area contributed by atoms with Gasteiger partial charge in [-0.15, -0.1) is 0 Å². The highest BCUT2D eigenvalue weighted by atomic mass is 32.2. The Morgan fingerprint density at radius 2 is 2.00 bits per heavy atom. The first-order chi connectivity index (χ1) is 7.50. The van der Waals surface area contributed by atoms with Crippen molar-refractivity contribution in [2.24, 2.45) is 0 Å². The first-order valence-electron chi connectivity index (χ1n) is 5.00. The largest absolute Gasteiger partial charge is 0.462 e. The highest BCUT2D eigenvalue weighted by Crippen LogP contribution is 2.21. The Hall–Kier alpha value is -1.35. The smallest absolute Gasteiger partial charge is 0.348 e. The third-order valence-corrected chi connectivity index (χ3v) is 4.03. The maximum atomic E-state index is 11.4. The molecule has 16 heavy (non-hydrogen) atoms. The van der Waals surface area contributed by atoms with Gasteiger partial charge in [-0.3, -0.25) is 0 Å². The summed E-state index contributed by atoms with van der Waals surface area (Å²) in [5, 5.41) is 8.85. The van der Waals surface area contributed by atoms with Crippen molar-refractivity contribution >= 4 is 15.8 Å². The molecule has 1 saturated heterocycles. The lowest BCUT2D eigenvalue weighted by molar-refractivity contribution is -0.138. The summed E-state index contributed by atoms with van der Waals surface area (Å²) in [5.41, 5.74) is 0.563. The number of carbonyl (C=O) groups excluding carboxylic acids is 1. The van der Waals surface area contributed by atoms with E-state index in [0.717, 1.165) is 0 Å². The van der Waals surface area contributed by atoms with Gasteiger partial charge in [0.15, 0.2) is 9.84 Å². The van der Waals surface area contributed by atoms with Crippen LogP contribution in [0.15, 0.2) is 11.1 Å². The van der Waals surface area contributed by atoms with E-state index in [1.165, 1.54) is 0 Å². The van der Waals surface area contributed by atoms with Gasteiger partial charge < -0.3 is 4.74 Å². The Morgan fingerprint density at radius 1 is 1.44 bits per heavy atom. The summed E-state index contributed by atoms with van der Waals surface area (Å²) in [6.07, 6.45) is 0.508. The molecule has 0 unspecified atom stereocenters. The Balaban J connectivity index is 2.88. The van der Waals surface area contributed by atoms with Crippen LogP contribution >= 0.6 is 0 Å². The molecule has 1 aliphatic rings. The molecule has 0 bridgehead atoms. The molecule has 6 heteroatoms. The lowest BCUT2D eigenvalue weighted by Gasteiger charge is -2.15. The van der Waals surface area contributed by atoms with Crippen LogP contribution in [0.4, 0.5) is 0 Å². The molecule has 1 rings (SSSR count). The van der Waals surface area contributed by atoms with E-state index in [4.69, 9.17) is 10.00 Å². The van der Waals surface area contributed by atoms with E-state index in [-0.39, 0.29) is 36.5 Å². The van der Waals surface area contributed by atoms with Crippen molar-refractivity contribution in [3.05, 3.63) is 11.1 Å². The molecule has 88 valence electrons. The molecule has 0 atom stereocenters. The maximum Gasteiger partial charge on any atom is 0.348 e. The number of esters is 1. The summed E-state index contributed by atoms with van der Waals surface area (Å²) < 4.78 is 27.1. The number of allylic oxidation sites excluding steroid dienone is 1. The van der Waals surface area contributed by atoms with E-state index in [0.29, 0.717) is 5.57 Å². The summed E-state index contributed by atoms with van der Waals surface area (Å²) in [6.45, 7) is 1.86. The summed E-state index contributed by atoms with van der Waals surface area (Å²) in [5.74, 6) is -0.640. The lowest BCUT2D eigenvalue weighted by Crippen LogP contribution is -2.21. The van der Waals surface area contributed by atoms with Crippen molar-refractivity contribution in [2.75, 3.05) is 18.1 Å². The van der Waals surface area contributed by atoms with Crippen LogP contribution < -0.4 is 0 Å². The summed E-state index contributed by atoms with van der Waals surface area (Å²) in [6, 6.07) is 1.79. The van der Waals surface area contributed by atoms with Gasteiger partial charge in [-0.2, -0.15) is 5.26 Å². The summed E-state index contributed by atoms with van der Waals surface area (Å²) in [4.78, 5) is 11.4. The zero-order valence-electron chi connectivity index (χ0n) is 9.02. The molecule has 0 amide bonds. The average molecular weight is 243 g/mol. The number of hydrogen-bond donors (Lipinski definition) is 0. The molecule has 5 nitrogen and oxygen atoms in total. The van der Waals surface area contributed by atoms with Gasteiger partial charge in [-0.1, -0.05) is 0 Å². The SMILES string of the molecule is CCOC(=O)C(C#N)=C1CCS(=O)(=O)CC1. The van der Waals surface area contributed by atoms with Crippen molar-refractivity contribution in [3.8, 4) is 6.07 Å². The molecular weight excluding hydrogens is 230 g/mol. The predicted molar refractivity (Wildman–Crippen MR) is 57.2 cm³/mol. The summed E-state index contributed by atoms with van der Waals surface area (Å²) in [7, 11) is -2.99. The van der Waals surface area contributed by atoms with Crippen molar-refractivity contribution in [2.45, 2.75) is 19.8 Å². The maximum absolute atomic E-state index is 11.4. The molecule has 0 saturated carbocycles. The summed E-state index contributed by atoms with van der Waals surface area (Å²) >= 11 is 0. The second kappa shape index (κ2) is 5.12. The third kappa shape index (κ3) is 3.07. The van der Waals surface area contributed by atoms with E-state index in [2.05, 4.69) is 0 Å². The molecule has 1 heterocycles. The monoisotopic (exact) mass is 243 g/mol. The number of nitriles is 1. The second-order valence-corrected chi connectivity index (χ2v) is 5.77. The van der Waals surface area contributed by atoms with Gasteiger partial charge in [0.25, 0.3) is 0 Å². The topological polar surface area (TPSA) is 84.2 Å². The number of nitrogens with zero attached hydrogens (tertiary/aromatic N) is 1. The number of sulfone groups is 1. The van der Waals surface area contributed by atoms with Gasteiger partial charge in [-0.05, 0) is 25.3 Å². The van der Waals surface area contributed by atoms with Gasteiger partial charge in [0.05, 0.1) is 18.1 Å². The molecule has 0 aromatic carbocycles. The van der Waals surface area contributed by atoms with Crippen LogP contribution in [0.3, 0.4) is 0 Å². The molecule has 1 fully saturated rings. The molecule has 1 aliphatic heterocycles. The molecule has 0 aromatic heterocycles. The van der Waals surface area contributed by atoms with Crippen molar-refractivity contribution in [1.82, 2.24) is 0 Å². The van der Waals surface area contributed by atoms with Gasteiger partial charge in [0.2, 0.25) is 0 Å². The fourth-order valence-electron chi connectivity index (χ4n) is 1.51. The van der Waals surface area contributed by atoms with Crippen LogP contribution in [0.5, 0.6) is 0 Å². The first-order valence-corrected chi connectivity index (χ1v) is 6.82. The quantitative estimate of drug-likeness (QED) is 0.402. The number of carbonyl (C=O) groups is 1. The Morgan fingerprint density at radius 3 is 2.44 bits per heavy atom. The number of hydrogen-bond acceptors (Lipinski definition) is 5. The normalized spacial score (nSPS) is 18.6. The van der Waals surface area contributed by atoms with Gasteiger partial charge >= 0.3 is 5.97 Å². The standard InChI is InChI=1S/C10H13NO4S/c1-2-15-10(12)9(7-11)8-3-5-16(13,14)6-4-8/h2-6H2,1H3. The minimum absolute atomic E-state index is 0.00686. The third-order valence-electron chi connectivity index (χ3n) is 2.37. The number of ether oxygens (including phenoxy) is 1. The highest BCUT2D eigenvalue weighted by Gasteiger charge is 2.24. The molecule has 0 radical (unpaired) electrons. The molecule has 0 N–H and O–H groups in total. The van der Waals surface area contributed by atoms with Gasteiger partial charge in [-0.25, -0.2) is 13.2 Å². The zero-order chi connectivity index (χ0) is 12.2.